The van der Waals surface area contributed by atoms with E-state index in [0.717, 1.165) is 38.5 Å². The zero-order chi connectivity index (χ0) is 59.8. The Hall–Kier alpha value is -0.760. The van der Waals surface area contributed by atoms with Gasteiger partial charge in [0.25, 0.3) is 7.82 Å². The van der Waals surface area contributed by atoms with Gasteiger partial charge in [0.1, 0.15) is 13.2 Å². The second-order valence-corrected chi connectivity index (χ2v) is 28.4. The lowest BCUT2D eigenvalue weighted by Gasteiger charge is -2.30. The molecular weight excluding hydrogens is 1030 g/mol. The van der Waals surface area contributed by atoms with Gasteiger partial charge in [-0.1, -0.05) is 366 Å². The summed E-state index contributed by atoms with van der Waals surface area (Å²) in [6, 6.07) is -0.799. The smallest absolute Gasteiger partial charge is 0.268 e. The second-order valence-electron chi connectivity index (χ2n) is 27.0. The van der Waals surface area contributed by atoms with Crippen LogP contribution in [-0.2, 0) is 18.4 Å². The second kappa shape index (κ2) is 64.7. The minimum absolute atomic E-state index is 0.0158. The summed E-state index contributed by atoms with van der Waals surface area (Å²) in [5, 5.41) is 14.1. The van der Waals surface area contributed by atoms with Crippen molar-refractivity contribution in [2.75, 3.05) is 40.9 Å². The lowest BCUT2D eigenvalue weighted by Crippen LogP contribution is -2.46. The Morgan fingerprint density at radius 3 is 0.951 bits per heavy atom. The Morgan fingerprint density at radius 1 is 0.415 bits per heavy atom. The van der Waals surface area contributed by atoms with Crippen molar-refractivity contribution >= 4 is 13.7 Å². The van der Waals surface area contributed by atoms with Crippen LogP contribution >= 0.6 is 7.82 Å². The molecule has 3 unspecified atom stereocenters. The highest BCUT2D eigenvalue weighted by Gasteiger charge is 2.24. The monoisotopic (exact) mass is 1180 g/mol. The first kappa shape index (κ1) is 81.2. The Bertz CT molecular complexity index is 1340. The first-order valence-corrected chi connectivity index (χ1v) is 38.5. The summed E-state index contributed by atoms with van der Waals surface area (Å²) < 4.78 is 23.6. The molecule has 0 radical (unpaired) electrons. The van der Waals surface area contributed by atoms with E-state index in [1.165, 1.54) is 334 Å². The summed E-state index contributed by atoms with van der Waals surface area (Å²) in [5.41, 5.74) is 0. The summed E-state index contributed by atoms with van der Waals surface area (Å²) >= 11 is 0. The predicted molar refractivity (Wildman–Crippen MR) is 358 cm³/mol. The number of carbonyl (C=O) groups excluding carboxylic acids is 1. The molecule has 0 saturated heterocycles. The molecular formula is C73H147N2O6P. The van der Waals surface area contributed by atoms with Crippen molar-refractivity contribution in [1.29, 1.82) is 0 Å². The number of unbranched alkanes of at least 4 members (excludes halogenated alkanes) is 55. The van der Waals surface area contributed by atoms with Gasteiger partial charge in [0.15, 0.2) is 0 Å². The molecule has 0 aliphatic rings. The molecule has 1 amide bonds. The summed E-state index contributed by atoms with van der Waals surface area (Å²) in [4.78, 5) is 25.7. The van der Waals surface area contributed by atoms with Crippen molar-refractivity contribution < 1.29 is 32.9 Å². The fourth-order valence-corrected chi connectivity index (χ4v) is 12.5. The summed E-state index contributed by atoms with van der Waals surface area (Å²) in [6.07, 6.45) is 83.1. The van der Waals surface area contributed by atoms with Crippen molar-refractivity contribution in [1.82, 2.24) is 5.32 Å². The number of phosphoric ester groups is 1. The molecule has 0 aliphatic heterocycles. The van der Waals surface area contributed by atoms with Gasteiger partial charge >= 0.3 is 0 Å². The molecule has 0 aromatic rings. The minimum atomic E-state index is -4.58. The largest absolute Gasteiger partial charge is 0.756 e. The van der Waals surface area contributed by atoms with Crippen molar-refractivity contribution in [3.8, 4) is 0 Å². The number of hydrogen-bond donors (Lipinski definition) is 2. The number of hydrogen-bond acceptors (Lipinski definition) is 6. The highest BCUT2D eigenvalue weighted by atomic mass is 31.2. The van der Waals surface area contributed by atoms with E-state index in [1.54, 1.807) is 0 Å². The molecule has 0 heterocycles. The SMILES string of the molecule is CCCCCCCCCC/C=C\CCCCCCCCCCCCCCCCCCCC(=O)NC(COP(=O)([O-])OCC[N+](C)(C)C)C(O)CCCCCCCCCCCCCCCCCCCCCCCCCCCCCCCCC. The van der Waals surface area contributed by atoms with Crippen LogP contribution < -0.4 is 10.2 Å². The van der Waals surface area contributed by atoms with Gasteiger partial charge < -0.3 is 28.8 Å². The molecule has 9 heteroatoms. The van der Waals surface area contributed by atoms with Crippen molar-refractivity contribution in [3.05, 3.63) is 12.2 Å². The molecule has 0 aromatic carbocycles. The van der Waals surface area contributed by atoms with Crippen molar-refractivity contribution in [2.24, 2.45) is 0 Å². The lowest BCUT2D eigenvalue weighted by molar-refractivity contribution is -0.870. The molecule has 0 aromatic heterocycles. The molecule has 0 aliphatic carbocycles. The first-order valence-electron chi connectivity index (χ1n) is 37.0. The number of rotatable bonds is 70. The van der Waals surface area contributed by atoms with Crippen LogP contribution in [0.5, 0.6) is 0 Å². The molecule has 0 rings (SSSR count). The third-order valence-electron chi connectivity index (χ3n) is 17.5. The topological polar surface area (TPSA) is 108 Å². The number of aliphatic hydroxyl groups excluding tert-OH is 1. The van der Waals surface area contributed by atoms with E-state index in [2.05, 4.69) is 31.3 Å². The van der Waals surface area contributed by atoms with Gasteiger partial charge in [0, 0.05) is 6.42 Å². The molecule has 2 N–H and O–H groups in total. The van der Waals surface area contributed by atoms with Gasteiger partial charge in [-0.05, 0) is 38.5 Å². The van der Waals surface area contributed by atoms with E-state index < -0.39 is 20.0 Å². The van der Waals surface area contributed by atoms with Crippen LogP contribution in [0.3, 0.4) is 0 Å². The zero-order valence-electron chi connectivity index (χ0n) is 56.2. The molecule has 0 fully saturated rings. The van der Waals surface area contributed by atoms with E-state index in [1.807, 2.05) is 21.1 Å². The number of nitrogens with one attached hydrogen (secondary N) is 1. The molecule has 0 bridgehead atoms. The van der Waals surface area contributed by atoms with Crippen molar-refractivity contribution in [3.63, 3.8) is 0 Å². The van der Waals surface area contributed by atoms with Crippen LogP contribution in [0.15, 0.2) is 12.2 Å². The first-order chi connectivity index (χ1) is 40.0. The van der Waals surface area contributed by atoms with E-state index >= 15 is 0 Å². The van der Waals surface area contributed by atoms with E-state index in [-0.39, 0.29) is 19.1 Å². The number of allylic oxidation sites excluding steroid dienone is 2. The molecule has 0 saturated carbocycles. The number of aliphatic hydroxyl groups is 1. The number of likely N-dealkylation sites (N-methyl/N-ethyl adjacent to an activating group) is 1. The van der Waals surface area contributed by atoms with Crippen LogP contribution in [0.2, 0.25) is 0 Å². The molecule has 82 heavy (non-hydrogen) atoms. The van der Waals surface area contributed by atoms with Crippen LogP contribution in [0, 0.1) is 0 Å². The number of nitrogens with zero attached hydrogens (tertiary/aromatic N) is 1. The summed E-state index contributed by atoms with van der Waals surface area (Å²) in [7, 11) is 1.33. The van der Waals surface area contributed by atoms with Crippen molar-refractivity contribution in [2.45, 2.75) is 411 Å². The predicted octanol–water partition coefficient (Wildman–Crippen LogP) is 23.0. The van der Waals surface area contributed by atoms with Gasteiger partial charge in [-0.15, -0.1) is 0 Å². The molecule has 490 valence electrons. The normalized spacial score (nSPS) is 13.6. The minimum Gasteiger partial charge on any atom is -0.756 e. The molecule has 3 atom stereocenters. The van der Waals surface area contributed by atoms with Crippen LogP contribution in [0.4, 0.5) is 0 Å². The van der Waals surface area contributed by atoms with Crippen LogP contribution in [0.1, 0.15) is 399 Å². The Kier molecular flexibility index (Phi) is 64.1. The zero-order valence-corrected chi connectivity index (χ0v) is 57.1. The highest BCUT2D eigenvalue weighted by Crippen LogP contribution is 2.38. The maximum atomic E-state index is 13.1. The van der Waals surface area contributed by atoms with E-state index in [9.17, 15) is 19.4 Å². The van der Waals surface area contributed by atoms with E-state index in [0.29, 0.717) is 23.9 Å². The number of phosphoric acid groups is 1. The van der Waals surface area contributed by atoms with Gasteiger partial charge in [0.2, 0.25) is 5.91 Å². The molecule has 0 spiro atoms. The average Bonchev–Trinajstić information content (AvgIpc) is 3.47. The highest BCUT2D eigenvalue weighted by molar-refractivity contribution is 7.45. The van der Waals surface area contributed by atoms with Gasteiger partial charge in [-0.3, -0.25) is 9.36 Å². The lowest BCUT2D eigenvalue weighted by atomic mass is 10.0. The fraction of sp³-hybridized carbons (Fsp3) is 0.959. The Labute approximate surface area is 513 Å². The quantitative estimate of drug-likeness (QED) is 0.0272. The number of quaternary nitrogens is 1. The van der Waals surface area contributed by atoms with E-state index in [4.69, 9.17) is 9.05 Å². The van der Waals surface area contributed by atoms with Crippen LogP contribution in [-0.4, -0.2) is 68.5 Å². The summed E-state index contributed by atoms with van der Waals surface area (Å²) in [5.74, 6) is -0.155. The fourth-order valence-electron chi connectivity index (χ4n) is 11.7. The Morgan fingerprint density at radius 2 is 0.671 bits per heavy atom. The number of carbonyl (C=O) groups is 1. The van der Waals surface area contributed by atoms with Gasteiger partial charge in [-0.25, -0.2) is 0 Å². The average molecular weight is 1180 g/mol. The molecule has 8 nitrogen and oxygen atoms in total. The third-order valence-corrected chi connectivity index (χ3v) is 18.5. The number of amides is 1. The maximum Gasteiger partial charge on any atom is 0.268 e. The van der Waals surface area contributed by atoms with Crippen LogP contribution in [0.25, 0.3) is 0 Å². The third kappa shape index (κ3) is 66.8. The van der Waals surface area contributed by atoms with Gasteiger partial charge in [-0.2, -0.15) is 0 Å². The van der Waals surface area contributed by atoms with Gasteiger partial charge in [0.05, 0.1) is 39.9 Å². The standard InChI is InChI=1S/C73H147N2O6P/c1-6-8-10-12-14-16-18-20-22-24-26-28-30-32-34-36-37-39-40-42-44-46-48-50-52-54-56-58-60-62-64-66-72(76)71(70-81-82(78,79)80-69-68-75(3,4)5)74-73(77)67-65-63-61-59-57-55-53-51-49-47-45-43-41-38-35-33-31-29-27-25-23-21-19-17-15-13-11-9-7-2/h25,27,71-72,76H,6-24,26,28-70H2,1-5H3,(H-,74,77,78,79)/b27-25-. The Balaban J connectivity index is 3.96. The maximum absolute atomic E-state index is 13.1. The summed E-state index contributed by atoms with van der Waals surface area (Å²) in [6.45, 7) is 4.80.